The summed E-state index contributed by atoms with van der Waals surface area (Å²) in [6, 6.07) is 8.39. The van der Waals surface area contributed by atoms with E-state index in [1.165, 1.54) is 0 Å². The second-order valence-electron chi connectivity index (χ2n) is 9.30. The maximum Gasteiger partial charge on any atom is 0.316 e. The lowest BCUT2D eigenvalue weighted by atomic mass is 9.98. The quantitative estimate of drug-likeness (QED) is 0.605. The summed E-state index contributed by atoms with van der Waals surface area (Å²) in [6.07, 6.45) is 6.35. The van der Waals surface area contributed by atoms with Crippen molar-refractivity contribution in [3.8, 4) is 17.1 Å². The molecule has 3 rings (SSSR count). The smallest absolute Gasteiger partial charge is 0.316 e. The van der Waals surface area contributed by atoms with Gasteiger partial charge in [-0.2, -0.15) is 0 Å². The highest BCUT2D eigenvalue weighted by Crippen LogP contribution is 2.22. The van der Waals surface area contributed by atoms with Crippen molar-refractivity contribution in [2.24, 2.45) is 5.92 Å². The van der Waals surface area contributed by atoms with Crippen molar-refractivity contribution in [2.75, 3.05) is 19.7 Å². The van der Waals surface area contributed by atoms with Crippen LogP contribution in [-0.4, -0.2) is 52.0 Å². The SMILES string of the molecule is CC(=O)N1CCC(COc2ncc(-c3cccc(CCC(=O)OC(C)(C)C)c3)cn2)CC1. The predicted octanol–water partition coefficient (Wildman–Crippen LogP) is 4.06. The first-order valence-corrected chi connectivity index (χ1v) is 11.2. The van der Waals surface area contributed by atoms with Crippen molar-refractivity contribution in [1.82, 2.24) is 14.9 Å². The second-order valence-corrected chi connectivity index (χ2v) is 9.30. The van der Waals surface area contributed by atoms with Crippen molar-refractivity contribution in [3.63, 3.8) is 0 Å². The predicted molar refractivity (Wildman–Crippen MR) is 122 cm³/mol. The van der Waals surface area contributed by atoms with E-state index in [-0.39, 0.29) is 11.9 Å². The average molecular weight is 440 g/mol. The number of piperidine rings is 1. The Balaban J connectivity index is 1.51. The minimum absolute atomic E-state index is 0.136. The highest BCUT2D eigenvalue weighted by Gasteiger charge is 2.21. The molecule has 1 saturated heterocycles. The van der Waals surface area contributed by atoms with Crippen LogP contribution in [-0.2, 0) is 20.7 Å². The van der Waals surface area contributed by atoms with Gasteiger partial charge in [-0.25, -0.2) is 9.97 Å². The van der Waals surface area contributed by atoms with E-state index in [1.54, 1.807) is 19.3 Å². The lowest BCUT2D eigenvalue weighted by molar-refractivity contribution is -0.154. The molecule has 2 aromatic rings. The molecule has 1 aromatic carbocycles. The molecule has 32 heavy (non-hydrogen) atoms. The largest absolute Gasteiger partial charge is 0.463 e. The average Bonchev–Trinajstić information content (AvgIpc) is 2.76. The molecule has 1 amide bonds. The molecule has 0 bridgehead atoms. The van der Waals surface area contributed by atoms with Crippen LogP contribution in [0.5, 0.6) is 6.01 Å². The fraction of sp³-hybridized carbons (Fsp3) is 0.520. The summed E-state index contributed by atoms with van der Waals surface area (Å²) in [5.74, 6) is 0.354. The molecular formula is C25H33N3O4. The first kappa shape index (κ1) is 23.7. The van der Waals surface area contributed by atoms with Crippen LogP contribution in [0.4, 0.5) is 0 Å². The normalized spacial score (nSPS) is 14.8. The molecule has 0 N–H and O–H groups in total. The topological polar surface area (TPSA) is 81.6 Å². The van der Waals surface area contributed by atoms with E-state index < -0.39 is 5.60 Å². The molecule has 7 heteroatoms. The van der Waals surface area contributed by atoms with Gasteiger partial charge in [-0.1, -0.05) is 24.3 Å². The van der Waals surface area contributed by atoms with Gasteiger partial charge in [0.25, 0.3) is 0 Å². The van der Waals surface area contributed by atoms with Gasteiger partial charge in [0.1, 0.15) is 5.60 Å². The van der Waals surface area contributed by atoms with E-state index in [0.717, 1.165) is 42.6 Å². The fourth-order valence-corrected chi connectivity index (χ4v) is 3.69. The number of esters is 1. The summed E-state index contributed by atoms with van der Waals surface area (Å²) in [7, 11) is 0. The molecule has 1 aliphatic heterocycles. The Morgan fingerprint density at radius 2 is 1.78 bits per heavy atom. The lowest BCUT2D eigenvalue weighted by Gasteiger charge is -2.30. The Morgan fingerprint density at radius 1 is 1.09 bits per heavy atom. The van der Waals surface area contributed by atoms with Crippen molar-refractivity contribution < 1.29 is 19.1 Å². The number of hydrogen-bond acceptors (Lipinski definition) is 6. The van der Waals surface area contributed by atoms with Gasteiger partial charge in [0.15, 0.2) is 0 Å². The maximum atomic E-state index is 12.0. The van der Waals surface area contributed by atoms with Gasteiger partial charge in [0, 0.05) is 44.4 Å². The minimum Gasteiger partial charge on any atom is -0.463 e. The fourth-order valence-electron chi connectivity index (χ4n) is 3.69. The van der Waals surface area contributed by atoms with E-state index in [2.05, 4.69) is 9.97 Å². The van der Waals surface area contributed by atoms with E-state index in [1.807, 2.05) is 49.9 Å². The number of ether oxygens (including phenoxy) is 2. The number of aromatic nitrogens is 2. The molecule has 0 saturated carbocycles. The summed E-state index contributed by atoms with van der Waals surface area (Å²) in [4.78, 5) is 34.0. The third kappa shape index (κ3) is 7.32. The highest BCUT2D eigenvalue weighted by atomic mass is 16.6. The number of amides is 1. The lowest BCUT2D eigenvalue weighted by Crippen LogP contribution is -2.38. The zero-order valence-corrected chi connectivity index (χ0v) is 19.5. The van der Waals surface area contributed by atoms with Crippen LogP contribution in [0.2, 0.25) is 0 Å². The molecule has 1 aliphatic rings. The molecule has 0 aliphatic carbocycles. The molecule has 0 unspecified atom stereocenters. The number of aryl methyl sites for hydroxylation is 1. The van der Waals surface area contributed by atoms with Gasteiger partial charge in [-0.05, 0) is 57.1 Å². The maximum absolute atomic E-state index is 12.0. The molecular weight excluding hydrogens is 406 g/mol. The van der Waals surface area contributed by atoms with Crippen molar-refractivity contribution >= 4 is 11.9 Å². The number of carbonyl (C=O) groups is 2. The second kappa shape index (κ2) is 10.6. The Labute approximate surface area is 190 Å². The highest BCUT2D eigenvalue weighted by molar-refractivity contribution is 5.73. The van der Waals surface area contributed by atoms with Gasteiger partial charge in [0.05, 0.1) is 6.61 Å². The third-order valence-electron chi connectivity index (χ3n) is 5.43. The zero-order chi connectivity index (χ0) is 23.1. The number of rotatable bonds is 7. The van der Waals surface area contributed by atoms with Gasteiger partial charge < -0.3 is 14.4 Å². The van der Waals surface area contributed by atoms with E-state index in [9.17, 15) is 9.59 Å². The Hall–Kier alpha value is -2.96. The number of likely N-dealkylation sites (tertiary alicyclic amines) is 1. The van der Waals surface area contributed by atoms with Gasteiger partial charge in [-0.3, -0.25) is 9.59 Å². The summed E-state index contributed by atoms with van der Waals surface area (Å²) in [5, 5.41) is 0. The number of benzene rings is 1. The molecule has 7 nitrogen and oxygen atoms in total. The molecule has 0 atom stereocenters. The van der Waals surface area contributed by atoms with Crippen LogP contribution < -0.4 is 4.74 Å². The van der Waals surface area contributed by atoms with Crippen LogP contribution in [0.3, 0.4) is 0 Å². The zero-order valence-electron chi connectivity index (χ0n) is 19.5. The molecule has 1 fully saturated rings. The first-order valence-electron chi connectivity index (χ1n) is 11.2. The molecule has 1 aromatic heterocycles. The molecule has 172 valence electrons. The molecule has 0 spiro atoms. The summed E-state index contributed by atoms with van der Waals surface area (Å²) < 4.78 is 11.2. The van der Waals surface area contributed by atoms with Crippen LogP contribution in [0.25, 0.3) is 11.1 Å². The van der Waals surface area contributed by atoms with Crippen molar-refractivity contribution in [2.45, 2.75) is 59.0 Å². The number of hydrogen-bond donors (Lipinski definition) is 0. The van der Waals surface area contributed by atoms with Gasteiger partial charge in [0.2, 0.25) is 5.91 Å². The minimum atomic E-state index is -0.466. The monoisotopic (exact) mass is 439 g/mol. The van der Waals surface area contributed by atoms with E-state index in [4.69, 9.17) is 9.47 Å². The van der Waals surface area contributed by atoms with Crippen LogP contribution in [0, 0.1) is 5.92 Å². The Kier molecular flexibility index (Phi) is 7.83. The summed E-state index contributed by atoms with van der Waals surface area (Å²) >= 11 is 0. The third-order valence-corrected chi connectivity index (χ3v) is 5.43. The van der Waals surface area contributed by atoms with E-state index in [0.29, 0.717) is 31.4 Å². The van der Waals surface area contributed by atoms with Crippen LogP contribution >= 0.6 is 0 Å². The summed E-state index contributed by atoms with van der Waals surface area (Å²) in [5.41, 5.74) is 2.48. The number of carbonyl (C=O) groups excluding carboxylic acids is 2. The number of nitrogens with zero attached hydrogens (tertiary/aromatic N) is 3. The van der Waals surface area contributed by atoms with Crippen LogP contribution in [0.1, 0.15) is 52.5 Å². The first-order chi connectivity index (χ1) is 15.2. The molecule has 0 radical (unpaired) electrons. The van der Waals surface area contributed by atoms with Crippen molar-refractivity contribution in [3.05, 3.63) is 42.2 Å². The molecule has 2 heterocycles. The van der Waals surface area contributed by atoms with Crippen LogP contribution in [0.15, 0.2) is 36.7 Å². The Morgan fingerprint density at radius 3 is 2.41 bits per heavy atom. The van der Waals surface area contributed by atoms with E-state index >= 15 is 0 Å². The van der Waals surface area contributed by atoms with Gasteiger partial charge >= 0.3 is 12.0 Å². The summed E-state index contributed by atoms with van der Waals surface area (Å²) in [6.45, 7) is 9.36. The standard InChI is InChI=1S/C25H33N3O4/c1-18(29)28-12-10-20(11-13-28)17-31-24-26-15-22(16-27-24)21-7-5-6-19(14-21)8-9-23(30)32-25(2,3)4/h5-7,14-16,20H,8-13,17H2,1-4H3. The van der Waals surface area contributed by atoms with Crippen molar-refractivity contribution in [1.29, 1.82) is 0 Å². The Bertz CT molecular complexity index is 914. The van der Waals surface area contributed by atoms with Gasteiger partial charge in [-0.15, -0.1) is 0 Å².